The van der Waals surface area contributed by atoms with Crippen LogP contribution in [-0.4, -0.2) is 5.97 Å². The van der Waals surface area contributed by atoms with Gasteiger partial charge in [0.2, 0.25) is 0 Å². The van der Waals surface area contributed by atoms with Crippen LogP contribution in [0.2, 0.25) is 0 Å². The van der Waals surface area contributed by atoms with Crippen molar-refractivity contribution in [3.05, 3.63) is 227 Å². The third-order valence-corrected chi connectivity index (χ3v) is 9.34. The molecule has 7 rings (SSSR count). The molecule has 0 N–H and O–H groups in total. The van der Waals surface area contributed by atoms with E-state index in [1.807, 2.05) is 176 Å². The van der Waals surface area contributed by atoms with Gasteiger partial charge in [0.25, 0.3) is 0 Å². The lowest BCUT2D eigenvalue weighted by molar-refractivity contribution is -0.140. The summed E-state index contributed by atoms with van der Waals surface area (Å²) in [7, 11) is 0. The quantitative estimate of drug-likeness (QED) is 0.0524. The summed E-state index contributed by atoms with van der Waals surface area (Å²) in [6, 6.07) is 57.0. The molecule has 0 radical (unpaired) electrons. The summed E-state index contributed by atoms with van der Waals surface area (Å²) in [5.74, 6) is 3.17. The zero-order chi connectivity index (χ0) is 42.1. The van der Waals surface area contributed by atoms with Crippen LogP contribution in [0.4, 0.5) is 0 Å². The lowest BCUT2D eigenvalue weighted by Crippen LogP contribution is -2.06. The molecule has 0 saturated carbocycles. The lowest BCUT2D eigenvalue weighted by atomic mass is 10.2. The van der Waals surface area contributed by atoms with Crippen molar-refractivity contribution < 1.29 is 38.0 Å². The maximum atomic E-state index is 12.4. The number of carbonyl (C=O) groups excluding carboxylic acids is 1. The van der Waals surface area contributed by atoms with Crippen molar-refractivity contribution in [3.8, 4) is 34.5 Å². The largest absolute Gasteiger partial charge is 0.489 e. The number of hydrogen-bond acceptors (Lipinski definition) is 8. The molecule has 0 atom stereocenters. The van der Waals surface area contributed by atoms with Crippen LogP contribution in [0.5, 0.6) is 34.5 Å². The van der Waals surface area contributed by atoms with Gasteiger partial charge >= 0.3 is 5.97 Å². The highest BCUT2D eigenvalue weighted by Gasteiger charge is 2.12. The van der Waals surface area contributed by atoms with E-state index >= 15 is 0 Å². The van der Waals surface area contributed by atoms with Crippen molar-refractivity contribution in [2.24, 2.45) is 0 Å². The zero-order valence-corrected chi connectivity index (χ0v) is 34.2. The Hall–Kier alpha value is -7.45. The van der Waals surface area contributed by atoms with Gasteiger partial charge in [-0.15, -0.1) is 0 Å². The Kier molecular flexibility index (Phi) is 14.7. The van der Waals surface area contributed by atoms with Gasteiger partial charge in [-0.05, 0) is 82.3 Å². The van der Waals surface area contributed by atoms with Crippen LogP contribution in [0.15, 0.2) is 188 Å². The van der Waals surface area contributed by atoms with Crippen molar-refractivity contribution in [3.63, 3.8) is 0 Å². The molecule has 61 heavy (non-hydrogen) atoms. The Bertz CT molecular complexity index is 2190. The molecule has 0 spiro atoms. The number of hydrogen-bond donors (Lipinski definition) is 0. The molecule has 7 aromatic rings. The van der Waals surface area contributed by atoms with E-state index in [9.17, 15) is 4.79 Å². The van der Waals surface area contributed by atoms with Crippen LogP contribution < -0.4 is 28.4 Å². The molecule has 0 fully saturated rings. The van der Waals surface area contributed by atoms with Crippen molar-refractivity contribution in [2.75, 3.05) is 0 Å². The monoisotopic (exact) mass is 812 g/mol. The summed E-state index contributed by atoms with van der Waals surface area (Å²) in [6.45, 7) is 7.32. The average molecular weight is 813 g/mol. The lowest BCUT2D eigenvalue weighted by Gasteiger charge is -2.16. The number of ether oxygens (including phenoxy) is 7. The number of benzene rings is 7. The van der Waals surface area contributed by atoms with Crippen LogP contribution in [0.3, 0.4) is 0 Å². The molecule has 0 aromatic heterocycles. The Morgan fingerprint density at radius 3 is 0.820 bits per heavy atom. The van der Waals surface area contributed by atoms with Crippen molar-refractivity contribution >= 4 is 5.97 Å². The van der Waals surface area contributed by atoms with Crippen molar-refractivity contribution in [1.29, 1.82) is 0 Å². The highest BCUT2D eigenvalue weighted by molar-refractivity contribution is 5.86. The Morgan fingerprint density at radius 1 is 0.344 bits per heavy atom. The van der Waals surface area contributed by atoms with E-state index in [4.69, 9.17) is 33.2 Å². The maximum Gasteiger partial charge on any atom is 0.333 e. The highest BCUT2D eigenvalue weighted by atomic mass is 16.5. The standard InChI is InChI=1S/C53H48O8/c1-39(2)53(54)61-38-46-27-51(59-36-44-23-47(55-32-40-15-7-3-8-16-40)29-48(24-44)56-33-41-17-9-4-10-18-41)31-52(28-46)60-37-45-25-49(57-34-42-19-11-5-12-20-42)30-50(26-45)58-35-43-21-13-6-14-22-43/h3-31H,1,32-38H2,2H3. The van der Waals surface area contributed by atoms with Gasteiger partial charge in [-0.1, -0.05) is 128 Å². The van der Waals surface area contributed by atoms with E-state index in [2.05, 4.69) is 6.58 Å². The van der Waals surface area contributed by atoms with Gasteiger partial charge in [0, 0.05) is 23.8 Å². The van der Waals surface area contributed by atoms with Crippen LogP contribution >= 0.6 is 0 Å². The van der Waals surface area contributed by atoms with Gasteiger partial charge in [0.05, 0.1) is 0 Å². The third-order valence-electron chi connectivity index (χ3n) is 9.34. The fraction of sp³-hybridized carbons (Fsp3) is 0.151. The van der Waals surface area contributed by atoms with Gasteiger partial charge in [-0.2, -0.15) is 0 Å². The van der Waals surface area contributed by atoms with Crippen LogP contribution in [-0.2, 0) is 55.8 Å². The molecule has 0 aliphatic carbocycles. The number of esters is 1. The summed E-state index contributed by atoms with van der Waals surface area (Å²) in [4.78, 5) is 12.4. The zero-order valence-electron chi connectivity index (χ0n) is 34.2. The normalized spacial score (nSPS) is 10.6. The maximum absolute atomic E-state index is 12.4. The van der Waals surface area contributed by atoms with Gasteiger partial charge in [-0.3, -0.25) is 0 Å². The summed E-state index contributed by atoms with van der Waals surface area (Å²) in [6.07, 6.45) is 0. The Morgan fingerprint density at radius 2 is 0.574 bits per heavy atom. The molecule has 0 aliphatic rings. The van der Waals surface area contributed by atoms with E-state index in [-0.39, 0.29) is 19.8 Å². The van der Waals surface area contributed by atoms with E-state index in [0.29, 0.717) is 72.1 Å². The summed E-state index contributed by atoms with van der Waals surface area (Å²) >= 11 is 0. The molecular weight excluding hydrogens is 765 g/mol. The first-order valence-corrected chi connectivity index (χ1v) is 20.1. The van der Waals surface area contributed by atoms with E-state index in [1.165, 1.54) is 0 Å². The van der Waals surface area contributed by atoms with Crippen molar-refractivity contribution in [2.45, 2.75) is 53.2 Å². The minimum Gasteiger partial charge on any atom is -0.489 e. The molecule has 7 aromatic carbocycles. The minimum atomic E-state index is -0.487. The second-order valence-corrected chi connectivity index (χ2v) is 14.5. The summed E-state index contributed by atoms with van der Waals surface area (Å²) in [5, 5.41) is 0. The minimum absolute atomic E-state index is 0.000175. The second kappa shape index (κ2) is 21.5. The molecular formula is C53H48O8. The fourth-order valence-corrected chi connectivity index (χ4v) is 6.21. The van der Waals surface area contributed by atoms with Crippen molar-refractivity contribution in [1.82, 2.24) is 0 Å². The molecule has 0 aliphatic heterocycles. The first-order valence-electron chi connectivity index (χ1n) is 20.1. The van der Waals surface area contributed by atoms with Crippen LogP contribution in [0.1, 0.15) is 45.9 Å². The van der Waals surface area contributed by atoms with Gasteiger partial charge in [0.1, 0.15) is 80.7 Å². The molecule has 308 valence electrons. The molecule has 8 nitrogen and oxygen atoms in total. The predicted molar refractivity (Wildman–Crippen MR) is 236 cm³/mol. The van der Waals surface area contributed by atoms with Crippen LogP contribution in [0, 0.1) is 0 Å². The molecule has 0 saturated heterocycles. The number of rotatable bonds is 21. The Labute approximate surface area is 357 Å². The van der Waals surface area contributed by atoms with E-state index in [0.717, 1.165) is 33.4 Å². The van der Waals surface area contributed by atoms with Crippen LogP contribution in [0.25, 0.3) is 0 Å². The van der Waals surface area contributed by atoms with E-state index in [1.54, 1.807) is 6.92 Å². The molecule has 8 heteroatoms. The average Bonchev–Trinajstić information content (AvgIpc) is 3.30. The molecule has 0 heterocycles. The summed E-state index contributed by atoms with van der Waals surface area (Å²) in [5.41, 5.74) is 6.87. The summed E-state index contributed by atoms with van der Waals surface area (Å²) < 4.78 is 43.3. The fourth-order valence-electron chi connectivity index (χ4n) is 6.21. The Balaban J connectivity index is 1.09. The third kappa shape index (κ3) is 13.5. The predicted octanol–water partition coefficient (Wildman–Crippen LogP) is 11.8. The van der Waals surface area contributed by atoms with Gasteiger partial charge in [0.15, 0.2) is 0 Å². The highest BCUT2D eigenvalue weighted by Crippen LogP contribution is 2.30. The second-order valence-electron chi connectivity index (χ2n) is 14.5. The number of carbonyl (C=O) groups is 1. The smallest absolute Gasteiger partial charge is 0.333 e. The molecule has 0 unspecified atom stereocenters. The first-order chi connectivity index (χ1) is 29.9. The SMILES string of the molecule is C=C(C)C(=O)OCc1cc(OCc2cc(OCc3ccccc3)cc(OCc3ccccc3)c2)cc(OCc2cc(OCc3ccccc3)cc(OCc3ccccc3)c2)c1. The topological polar surface area (TPSA) is 81.7 Å². The van der Waals surface area contributed by atoms with Gasteiger partial charge in [-0.25, -0.2) is 4.79 Å². The van der Waals surface area contributed by atoms with Gasteiger partial charge < -0.3 is 33.2 Å². The molecule has 0 amide bonds. The molecule has 0 bridgehead atoms. The van der Waals surface area contributed by atoms with E-state index < -0.39 is 5.97 Å². The first kappa shape index (κ1) is 41.7.